The third kappa shape index (κ3) is 6.17. The van der Waals surface area contributed by atoms with Crippen LogP contribution < -0.4 is 10.2 Å². The molecule has 0 radical (unpaired) electrons. The van der Waals surface area contributed by atoms with Crippen molar-refractivity contribution < 1.29 is 9.32 Å². The molecule has 0 fully saturated rings. The van der Waals surface area contributed by atoms with Gasteiger partial charge in [-0.2, -0.15) is 4.98 Å². The summed E-state index contributed by atoms with van der Waals surface area (Å²) in [5.41, 5.74) is 3.30. The highest BCUT2D eigenvalue weighted by atomic mass is 16.5. The Morgan fingerprint density at radius 2 is 1.86 bits per heavy atom. The molecule has 0 saturated heterocycles. The number of nitrogens with zero attached hydrogens (tertiary/aromatic N) is 3. The number of hydrogen-bond donors (Lipinski definition) is 1. The lowest BCUT2D eigenvalue weighted by Crippen LogP contribution is -2.30. The summed E-state index contributed by atoms with van der Waals surface area (Å²) in [6.45, 7) is 6.68. The second-order valence-electron chi connectivity index (χ2n) is 7.00. The molecular weight excluding hydrogens is 364 g/mol. The lowest BCUT2D eigenvalue weighted by Gasteiger charge is -2.23. The molecule has 0 aliphatic rings. The number of carbonyl (C=O) groups is 1. The lowest BCUT2D eigenvalue weighted by molar-refractivity contribution is -0.121. The van der Waals surface area contributed by atoms with Crippen LogP contribution in [0.25, 0.3) is 11.4 Å². The SMILES string of the molecule is CCN(CCCNC(=O)CCc1nc(-c2ccc(C)cc2)no1)c1ccccc1. The smallest absolute Gasteiger partial charge is 0.227 e. The first-order chi connectivity index (χ1) is 14.2. The molecule has 6 heteroatoms. The lowest BCUT2D eigenvalue weighted by atomic mass is 10.1. The number of amides is 1. The molecule has 0 bridgehead atoms. The number of anilines is 1. The third-order valence-corrected chi connectivity index (χ3v) is 4.77. The highest BCUT2D eigenvalue weighted by Crippen LogP contribution is 2.17. The third-order valence-electron chi connectivity index (χ3n) is 4.77. The van der Waals surface area contributed by atoms with E-state index < -0.39 is 0 Å². The van der Waals surface area contributed by atoms with Gasteiger partial charge < -0.3 is 14.7 Å². The molecule has 3 aromatic rings. The average molecular weight is 393 g/mol. The van der Waals surface area contributed by atoms with Crippen molar-refractivity contribution in [2.24, 2.45) is 0 Å². The molecule has 0 spiro atoms. The molecule has 0 aliphatic heterocycles. The van der Waals surface area contributed by atoms with Crippen LogP contribution in [-0.2, 0) is 11.2 Å². The molecule has 29 heavy (non-hydrogen) atoms. The zero-order valence-electron chi connectivity index (χ0n) is 17.1. The maximum atomic E-state index is 12.1. The van der Waals surface area contributed by atoms with Crippen LogP contribution in [0.15, 0.2) is 59.1 Å². The molecule has 0 unspecified atom stereocenters. The molecule has 1 N–H and O–H groups in total. The van der Waals surface area contributed by atoms with Crippen molar-refractivity contribution in [2.45, 2.75) is 33.1 Å². The van der Waals surface area contributed by atoms with Crippen LogP contribution in [0, 0.1) is 6.92 Å². The van der Waals surface area contributed by atoms with E-state index in [0.717, 1.165) is 25.1 Å². The average Bonchev–Trinajstić information content (AvgIpc) is 3.22. The Balaban J connectivity index is 1.37. The molecule has 0 aliphatic carbocycles. The van der Waals surface area contributed by atoms with Crippen molar-refractivity contribution in [3.8, 4) is 11.4 Å². The van der Waals surface area contributed by atoms with Gasteiger partial charge in [-0.05, 0) is 32.4 Å². The monoisotopic (exact) mass is 392 g/mol. The minimum atomic E-state index is 0.00263. The van der Waals surface area contributed by atoms with Crippen molar-refractivity contribution in [1.82, 2.24) is 15.5 Å². The van der Waals surface area contributed by atoms with Crippen LogP contribution in [0.4, 0.5) is 5.69 Å². The summed E-state index contributed by atoms with van der Waals surface area (Å²) >= 11 is 0. The fourth-order valence-electron chi connectivity index (χ4n) is 3.09. The van der Waals surface area contributed by atoms with Gasteiger partial charge in [-0.25, -0.2) is 0 Å². The van der Waals surface area contributed by atoms with Gasteiger partial charge in [-0.15, -0.1) is 0 Å². The number of carbonyl (C=O) groups excluding carboxylic acids is 1. The summed E-state index contributed by atoms with van der Waals surface area (Å²) in [5.74, 6) is 1.04. The quantitative estimate of drug-likeness (QED) is 0.528. The molecule has 1 heterocycles. The molecular formula is C23H28N4O2. The molecule has 2 aromatic carbocycles. The summed E-state index contributed by atoms with van der Waals surface area (Å²) < 4.78 is 5.27. The van der Waals surface area contributed by atoms with Gasteiger partial charge in [0, 0.05) is 43.7 Å². The zero-order valence-corrected chi connectivity index (χ0v) is 17.1. The van der Waals surface area contributed by atoms with Gasteiger partial charge in [0.2, 0.25) is 17.6 Å². The normalized spacial score (nSPS) is 10.7. The van der Waals surface area contributed by atoms with Crippen LogP contribution in [0.1, 0.15) is 31.2 Å². The van der Waals surface area contributed by atoms with E-state index in [0.29, 0.717) is 31.1 Å². The zero-order chi connectivity index (χ0) is 20.5. The van der Waals surface area contributed by atoms with Gasteiger partial charge in [0.25, 0.3) is 0 Å². The highest BCUT2D eigenvalue weighted by Gasteiger charge is 2.11. The fourth-order valence-corrected chi connectivity index (χ4v) is 3.09. The Morgan fingerprint density at radius 1 is 1.10 bits per heavy atom. The maximum Gasteiger partial charge on any atom is 0.227 e. The van der Waals surface area contributed by atoms with Crippen molar-refractivity contribution in [3.63, 3.8) is 0 Å². The van der Waals surface area contributed by atoms with Crippen LogP contribution >= 0.6 is 0 Å². The first-order valence-corrected chi connectivity index (χ1v) is 10.1. The second kappa shape index (κ2) is 10.4. The first-order valence-electron chi connectivity index (χ1n) is 10.1. The Kier molecular flexibility index (Phi) is 7.39. The predicted octanol–water partition coefficient (Wildman–Crippen LogP) is 4.01. The van der Waals surface area contributed by atoms with Crippen LogP contribution in [0.5, 0.6) is 0 Å². The molecule has 1 amide bonds. The largest absolute Gasteiger partial charge is 0.372 e. The van der Waals surface area contributed by atoms with E-state index >= 15 is 0 Å². The van der Waals surface area contributed by atoms with Crippen molar-refractivity contribution in [3.05, 3.63) is 66.1 Å². The number of para-hydroxylation sites is 1. The van der Waals surface area contributed by atoms with Crippen LogP contribution in [-0.4, -0.2) is 35.7 Å². The number of aromatic nitrogens is 2. The summed E-state index contributed by atoms with van der Waals surface area (Å²) in [6.07, 6.45) is 1.67. The molecule has 3 rings (SSSR count). The molecule has 152 valence electrons. The Hall–Kier alpha value is -3.15. The van der Waals surface area contributed by atoms with Crippen molar-refractivity contribution >= 4 is 11.6 Å². The second-order valence-corrected chi connectivity index (χ2v) is 7.00. The summed E-state index contributed by atoms with van der Waals surface area (Å²) in [4.78, 5) is 18.8. The van der Waals surface area contributed by atoms with Gasteiger partial charge >= 0.3 is 0 Å². The van der Waals surface area contributed by atoms with E-state index in [4.69, 9.17) is 4.52 Å². The summed E-state index contributed by atoms with van der Waals surface area (Å²) in [5, 5.41) is 6.98. The van der Waals surface area contributed by atoms with Crippen LogP contribution in [0.3, 0.4) is 0 Å². The van der Waals surface area contributed by atoms with Crippen LogP contribution in [0.2, 0.25) is 0 Å². The van der Waals surface area contributed by atoms with Gasteiger partial charge in [0.1, 0.15) is 0 Å². The number of hydrogen-bond acceptors (Lipinski definition) is 5. The van der Waals surface area contributed by atoms with Gasteiger partial charge in [0.05, 0.1) is 0 Å². The van der Waals surface area contributed by atoms with Crippen molar-refractivity contribution in [1.29, 1.82) is 0 Å². The van der Waals surface area contributed by atoms with E-state index in [1.165, 1.54) is 11.3 Å². The first kappa shape index (κ1) is 20.6. The minimum absolute atomic E-state index is 0.00263. The fraction of sp³-hybridized carbons (Fsp3) is 0.348. The summed E-state index contributed by atoms with van der Waals surface area (Å²) in [7, 11) is 0. The number of nitrogens with one attached hydrogen (secondary N) is 1. The van der Waals surface area contributed by atoms with Gasteiger partial charge in [-0.1, -0.05) is 53.2 Å². The molecule has 6 nitrogen and oxygen atoms in total. The van der Waals surface area contributed by atoms with E-state index in [2.05, 4.69) is 39.4 Å². The highest BCUT2D eigenvalue weighted by molar-refractivity contribution is 5.76. The minimum Gasteiger partial charge on any atom is -0.372 e. The predicted molar refractivity (Wildman–Crippen MR) is 115 cm³/mol. The van der Waals surface area contributed by atoms with Gasteiger partial charge in [-0.3, -0.25) is 4.79 Å². The number of benzene rings is 2. The Morgan fingerprint density at radius 3 is 2.59 bits per heavy atom. The van der Waals surface area contributed by atoms with Crippen molar-refractivity contribution in [2.75, 3.05) is 24.5 Å². The Bertz CT molecular complexity index is 891. The van der Waals surface area contributed by atoms with Gasteiger partial charge in [0.15, 0.2) is 0 Å². The maximum absolute atomic E-state index is 12.1. The Labute approximate surface area is 171 Å². The standard InChI is InChI=1S/C23H28N4O2/c1-3-27(20-8-5-4-6-9-20)17-7-16-24-21(28)14-15-22-25-23(26-29-22)19-12-10-18(2)11-13-19/h4-6,8-13H,3,7,14-17H2,1-2H3,(H,24,28). The van der Waals surface area contributed by atoms with E-state index in [-0.39, 0.29) is 5.91 Å². The molecule has 0 saturated carbocycles. The number of rotatable bonds is 10. The summed E-state index contributed by atoms with van der Waals surface area (Å²) in [6, 6.07) is 18.3. The van der Waals surface area contributed by atoms with E-state index in [1.54, 1.807) is 0 Å². The van der Waals surface area contributed by atoms with E-state index in [9.17, 15) is 4.79 Å². The topological polar surface area (TPSA) is 71.3 Å². The molecule has 1 aromatic heterocycles. The van der Waals surface area contributed by atoms with E-state index in [1.807, 2.05) is 49.4 Å². The molecule has 0 atom stereocenters. The number of aryl methyl sites for hydroxylation is 2.